The van der Waals surface area contributed by atoms with E-state index < -0.39 is 9.84 Å². The molecule has 0 saturated heterocycles. The van der Waals surface area contributed by atoms with Crippen molar-refractivity contribution in [3.63, 3.8) is 0 Å². The smallest absolute Gasteiger partial charge is 0.256 e. The summed E-state index contributed by atoms with van der Waals surface area (Å²) >= 11 is 1.43. The molecule has 2 aromatic rings. The van der Waals surface area contributed by atoms with Gasteiger partial charge in [0.2, 0.25) is 0 Å². The summed E-state index contributed by atoms with van der Waals surface area (Å²) in [4.78, 5) is 12.0. The summed E-state index contributed by atoms with van der Waals surface area (Å²) in [5, 5.41) is 6.20. The Bertz CT molecular complexity index is 660. The van der Waals surface area contributed by atoms with Crippen LogP contribution < -0.4 is 5.32 Å². The number of benzene rings is 1. The van der Waals surface area contributed by atoms with E-state index in [2.05, 4.69) is 5.32 Å². The molecule has 0 saturated carbocycles. The van der Waals surface area contributed by atoms with Gasteiger partial charge in [-0.1, -0.05) is 6.07 Å². The minimum absolute atomic E-state index is 0.186. The minimum Gasteiger partial charge on any atom is -0.322 e. The predicted octanol–water partition coefficient (Wildman–Crippen LogP) is 2.40. The van der Waals surface area contributed by atoms with Crippen molar-refractivity contribution >= 4 is 32.8 Å². The van der Waals surface area contributed by atoms with E-state index in [4.69, 9.17) is 0 Å². The molecule has 0 aliphatic heterocycles. The molecule has 1 heterocycles. The maximum atomic E-state index is 11.8. The van der Waals surface area contributed by atoms with E-state index in [9.17, 15) is 13.2 Å². The first kappa shape index (κ1) is 12.8. The Balaban J connectivity index is 2.23. The lowest BCUT2D eigenvalue weighted by atomic mass is 10.3. The Morgan fingerprint density at radius 2 is 2.06 bits per heavy atom. The molecule has 2 rings (SSSR count). The fourth-order valence-corrected chi connectivity index (χ4v) is 2.70. The van der Waals surface area contributed by atoms with Crippen LogP contribution in [0.1, 0.15) is 10.4 Å². The SMILES string of the molecule is CS(=O)(=O)c1cccc(NC(=O)c2ccsc2)c1. The number of carbonyl (C=O) groups is 1. The van der Waals surface area contributed by atoms with Gasteiger partial charge in [-0.2, -0.15) is 11.3 Å². The van der Waals surface area contributed by atoms with Gasteiger partial charge in [-0.05, 0) is 29.6 Å². The van der Waals surface area contributed by atoms with E-state index in [1.807, 2.05) is 5.38 Å². The molecule has 1 aromatic heterocycles. The summed E-state index contributed by atoms with van der Waals surface area (Å²) < 4.78 is 22.8. The van der Waals surface area contributed by atoms with E-state index in [1.54, 1.807) is 23.6 Å². The molecule has 0 unspecified atom stereocenters. The van der Waals surface area contributed by atoms with Crippen molar-refractivity contribution in [1.29, 1.82) is 0 Å². The second-order valence-electron chi connectivity index (χ2n) is 3.77. The third-order valence-electron chi connectivity index (χ3n) is 2.30. The molecule has 1 N–H and O–H groups in total. The molecular weight excluding hydrogens is 270 g/mol. The second-order valence-corrected chi connectivity index (χ2v) is 6.56. The molecule has 4 nitrogen and oxygen atoms in total. The lowest BCUT2D eigenvalue weighted by Gasteiger charge is -2.05. The highest BCUT2D eigenvalue weighted by atomic mass is 32.2. The van der Waals surface area contributed by atoms with Crippen molar-refractivity contribution in [1.82, 2.24) is 0 Å². The summed E-state index contributed by atoms with van der Waals surface area (Å²) in [7, 11) is -3.26. The van der Waals surface area contributed by atoms with Gasteiger partial charge in [-0.3, -0.25) is 4.79 Å². The highest BCUT2D eigenvalue weighted by Crippen LogP contribution is 2.16. The lowest BCUT2D eigenvalue weighted by Crippen LogP contribution is -2.11. The van der Waals surface area contributed by atoms with Gasteiger partial charge in [0.05, 0.1) is 10.5 Å². The number of carbonyl (C=O) groups excluding carboxylic acids is 1. The van der Waals surface area contributed by atoms with Crippen LogP contribution in [0, 0.1) is 0 Å². The van der Waals surface area contributed by atoms with Crippen LogP contribution in [0.2, 0.25) is 0 Å². The summed E-state index contributed by atoms with van der Waals surface area (Å²) in [6.45, 7) is 0. The van der Waals surface area contributed by atoms with Crippen molar-refractivity contribution in [2.75, 3.05) is 11.6 Å². The van der Waals surface area contributed by atoms with E-state index in [-0.39, 0.29) is 10.8 Å². The average Bonchev–Trinajstić information content (AvgIpc) is 2.81. The normalized spacial score (nSPS) is 11.2. The first-order valence-electron chi connectivity index (χ1n) is 5.10. The highest BCUT2D eigenvalue weighted by Gasteiger charge is 2.10. The van der Waals surface area contributed by atoms with Crippen molar-refractivity contribution in [2.24, 2.45) is 0 Å². The predicted molar refractivity (Wildman–Crippen MR) is 71.8 cm³/mol. The van der Waals surface area contributed by atoms with Gasteiger partial charge in [-0.25, -0.2) is 8.42 Å². The van der Waals surface area contributed by atoms with Gasteiger partial charge in [0, 0.05) is 17.3 Å². The van der Waals surface area contributed by atoms with Crippen LogP contribution in [-0.4, -0.2) is 20.6 Å². The van der Waals surface area contributed by atoms with Crippen molar-refractivity contribution < 1.29 is 13.2 Å². The minimum atomic E-state index is -3.26. The Kier molecular flexibility index (Phi) is 3.49. The zero-order valence-corrected chi connectivity index (χ0v) is 11.2. The fraction of sp³-hybridized carbons (Fsp3) is 0.0833. The molecule has 0 atom stereocenters. The van der Waals surface area contributed by atoms with Gasteiger partial charge in [0.15, 0.2) is 9.84 Å². The Morgan fingerprint density at radius 3 is 2.67 bits per heavy atom. The zero-order valence-electron chi connectivity index (χ0n) is 9.58. The van der Waals surface area contributed by atoms with E-state index >= 15 is 0 Å². The summed E-state index contributed by atoms with van der Waals surface area (Å²) in [5.41, 5.74) is 1.03. The highest BCUT2D eigenvalue weighted by molar-refractivity contribution is 7.90. The summed E-state index contributed by atoms with van der Waals surface area (Å²) in [6, 6.07) is 7.90. The van der Waals surface area contributed by atoms with Gasteiger partial charge >= 0.3 is 0 Å². The number of rotatable bonds is 3. The number of anilines is 1. The van der Waals surface area contributed by atoms with Gasteiger partial charge in [0.25, 0.3) is 5.91 Å². The number of nitrogens with one attached hydrogen (secondary N) is 1. The first-order valence-corrected chi connectivity index (χ1v) is 7.94. The van der Waals surface area contributed by atoms with Crippen LogP contribution in [0.25, 0.3) is 0 Å². The van der Waals surface area contributed by atoms with Crippen LogP contribution in [-0.2, 0) is 9.84 Å². The molecule has 18 heavy (non-hydrogen) atoms. The topological polar surface area (TPSA) is 63.2 Å². The summed E-state index contributed by atoms with van der Waals surface area (Å²) in [6.07, 6.45) is 1.13. The molecular formula is C12H11NO3S2. The molecule has 0 aliphatic rings. The quantitative estimate of drug-likeness (QED) is 0.939. The molecule has 1 aromatic carbocycles. The van der Waals surface area contributed by atoms with Crippen LogP contribution in [0.5, 0.6) is 0 Å². The van der Waals surface area contributed by atoms with E-state index in [0.717, 1.165) is 6.26 Å². The van der Waals surface area contributed by atoms with Crippen LogP contribution >= 0.6 is 11.3 Å². The van der Waals surface area contributed by atoms with Crippen LogP contribution in [0.15, 0.2) is 46.0 Å². The molecule has 94 valence electrons. The van der Waals surface area contributed by atoms with Crippen molar-refractivity contribution in [3.8, 4) is 0 Å². The first-order chi connectivity index (χ1) is 8.47. The standard InChI is InChI=1S/C12H11NO3S2/c1-18(15,16)11-4-2-3-10(7-11)13-12(14)9-5-6-17-8-9/h2-8H,1H3,(H,13,14). The fourth-order valence-electron chi connectivity index (χ4n) is 1.40. The maximum Gasteiger partial charge on any atom is 0.256 e. The average molecular weight is 281 g/mol. The third-order valence-corrected chi connectivity index (χ3v) is 4.10. The maximum absolute atomic E-state index is 11.8. The molecule has 0 spiro atoms. The molecule has 0 bridgehead atoms. The second kappa shape index (κ2) is 4.91. The zero-order chi connectivity index (χ0) is 13.2. The molecule has 0 fully saturated rings. The van der Waals surface area contributed by atoms with E-state index in [0.29, 0.717) is 11.3 Å². The number of hydrogen-bond acceptors (Lipinski definition) is 4. The van der Waals surface area contributed by atoms with Crippen molar-refractivity contribution in [3.05, 3.63) is 46.7 Å². The number of thiophene rings is 1. The molecule has 6 heteroatoms. The number of hydrogen-bond donors (Lipinski definition) is 1. The van der Waals surface area contributed by atoms with E-state index in [1.165, 1.54) is 23.5 Å². The molecule has 1 amide bonds. The molecule has 0 aliphatic carbocycles. The largest absolute Gasteiger partial charge is 0.322 e. The Labute approximate surface area is 109 Å². The Morgan fingerprint density at radius 1 is 1.28 bits per heavy atom. The molecule has 0 radical (unpaired) electrons. The van der Waals surface area contributed by atoms with Crippen molar-refractivity contribution in [2.45, 2.75) is 4.90 Å². The lowest BCUT2D eigenvalue weighted by molar-refractivity contribution is 0.102. The van der Waals surface area contributed by atoms with Crippen LogP contribution in [0.3, 0.4) is 0 Å². The monoisotopic (exact) mass is 281 g/mol. The van der Waals surface area contributed by atoms with Gasteiger partial charge in [0.1, 0.15) is 0 Å². The number of sulfone groups is 1. The number of amides is 1. The van der Waals surface area contributed by atoms with Gasteiger partial charge in [-0.15, -0.1) is 0 Å². The Hall–Kier alpha value is -1.66. The van der Waals surface area contributed by atoms with Gasteiger partial charge < -0.3 is 5.32 Å². The van der Waals surface area contributed by atoms with Crippen LogP contribution in [0.4, 0.5) is 5.69 Å². The summed E-state index contributed by atoms with van der Waals surface area (Å²) in [5.74, 6) is -0.248. The third kappa shape index (κ3) is 2.96.